The van der Waals surface area contributed by atoms with Crippen LogP contribution in [0.1, 0.15) is 46.0 Å². The maximum Gasteiger partial charge on any atom is 0.318 e. The van der Waals surface area contributed by atoms with E-state index in [2.05, 4.69) is 18.7 Å². The van der Waals surface area contributed by atoms with Crippen LogP contribution in [0.2, 0.25) is 0 Å². The fourth-order valence-electron chi connectivity index (χ4n) is 2.72. The van der Waals surface area contributed by atoms with Gasteiger partial charge in [-0.2, -0.15) is 0 Å². The number of carboxylic acids is 1. The molecule has 1 atom stereocenters. The van der Waals surface area contributed by atoms with Crippen molar-refractivity contribution >= 4 is 15.8 Å². The van der Waals surface area contributed by atoms with Gasteiger partial charge in [0.2, 0.25) is 0 Å². The first-order valence-electron chi connectivity index (χ1n) is 7.46. The molecule has 0 saturated carbocycles. The van der Waals surface area contributed by atoms with E-state index in [1.54, 1.807) is 0 Å². The van der Waals surface area contributed by atoms with Gasteiger partial charge in [-0.25, -0.2) is 8.42 Å². The summed E-state index contributed by atoms with van der Waals surface area (Å²) in [6, 6.07) is 0.464. The molecular weight excluding hydrogens is 278 g/mol. The van der Waals surface area contributed by atoms with E-state index >= 15 is 0 Å². The average Bonchev–Trinajstić information content (AvgIpc) is 2.33. The highest BCUT2D eigenvalue weighted by atomic mass is 32.2. The highest BCUT2D eigenvalue weighted by Crippen LogP contribution is 2.22. The van der Waals surface area contributed by atoms with Gasteiger partial charge in [-0.3, -0.25) is 9.69 Å². The summed E-state index contributed by atoms with van der Waals surface area (Å²) < 4.78 is 23.3. The lowest BCUT2D eigenvalue weighted by molar-refractivity contribution is -0.134. The lowest BCUT2D eigenvalue weighted by Crippen LogP contribution is -2.42. The third-order valence-corrected chi connectivity index (χ3v) is 5.35. The Bertz CT molecular complexity index is 405. The Hall–Kier alpha value is -0.620. The van der Waals surface area contributed by atoms with Gasteiger partial charge < -0.3 is 5.11 Å². The van der Waals surface area contributed by atoms with Gasteiger partial charge in [0.15, 0.2) is 9.84 Å². The Labute approximate surface area is 122 Å². The van der Waals surface area contributed by atoms with Crippen LogP contribution in [0.25, 0.3) is 0 Å². The number of sulfone groups is 1. The second-order valence-corrected chi connectivity index (χ2v) is 8.33. The van der Waals surface area contributed by atoms with Crippen LogP contribution in [0.5, 0.6) is 0 Å². The second-order valence-electron chi connectivity index (χ2n) is 6.14. The SMILES string of the molecule is CC(C)CCC1CCCCN1CCS(=O)(=O)CC(=O)O. The summed E-state index contributed by atoms with van der Waals surface area (Å²) in [5.74, 6) is -1.40. The van der Waals surface area contributed by atoms with Crippen molar-refractivity contribution < 1.29 is 18.3 Å². The van der Waals surface area contributed by atoms with Crippen LogP contribution in [0.3, 0.4) is 0 Å². The molecule has 1 rings (SSSR count). The predicted octanol–water partition coefficient (Wildman–Crippen LogP) is 1.78. The third-order valence-electron chi connectivity index (χ3n) is 3.86. The van der Waals surface area contributed by atoms with Crippen LogP contribution >= 0.6 is 0 Å². The van der Waals surface area contributed by atoms with Crippen molar-refractivity contribution in [2.24, 2.45) is 5.92 Å². The van der Waals surface area contributed by atoms with Gasteiger partial charge in [0.05, 0.1) is 5.75 Å². The van der Waals surface area contributed by atoms with E-state index in [0.29, 0.717) is 18.5 Å². The number of hydrogen-bond acceptors (Lipinski definition) is 4. The largest absolute Gasteiger partial charge is 0.480 e. The molecule has 0 spiro atoms. The molecule has 0 bridgehead atoms. The maximum absolute atomic E-state index is 11.6. The standard InChI is InChI=1S/C14H27NO4S/c1-12(2)6-7-13-5-3-4-8-15(13)9-10-20(18,19)11-14(16)17/h12-13H,3-11H2,1-2H3,(H,16,17). The lowest BCUT2D eigenvalue weighted by Gasteiger charge is -2.36. The molecule has 1 unspecified atom stereocenters. The van der Waals surface area contributed by atoms with Crippen LogP contribution in [0, 0.1) is 5.92 Å². The van der Waals surface area contributed by atoms with E-state index in [-0.39, 0.29) is 5.75 Å². The van der Waals surface area contributed by atoms with E-state index in [9.17, 15) is 13.2 Å². The van der Waals surface area contributed by atoms with Gasteiger partial charge in [0.25, 0.3) is 0 Å². The molecule has 0 amide bonds. The van der Waals surface area contributed by atoms with Crippen LogP contribution in [-0.4, -0.2) is 55.0 Å². The monoisotopic (exact) mass is 305 g/mol. The van der Waals surface area contributed by atoms with Gasteiger partial charge in [-0.15, -0.1) is 0 Å². The Balaban J connectivity index is 2.48. The van der Waals surface area contributed by atoms with E-state index in [1.807, 2.05) is 0 Å². The highest BCUT2D eigenvalue weighted by Gasteiger charge is 2.24. The molecular formula is C14H27NO4S. The molecule has 0 aromatic rings. The molecule has 1 fully saturated rings. The van der Waals surface area contributed by atoms with Crippen LogP contribution in [0.15, 0.2) is 0 Å². The average molecular weight is 305 g/mol. The third kappa shape index (κ3) is 6.70. The number of piperidine rings is 1. The smallest absolute Gasteiger partial charge is 0.318 e. The second kappa shape index (κ2) is 7.98. The van der Waals surface area contributed by atoms with Crippen molar-refractivity contribution in [2.75, 3.05) is 24.6 Å². The van der Waals surface area contributed by atoms with Crippen molar-refractivity contribution in [1.29, 1.82) is 0 Å². The van der Waals surface area contributed by atoms with E-state index < -0.39 is 21.6 Å². The summed E-state index contributed by atoms with van der Waals surface area (Å²) >= 11 is 0. The molecule has 1 saturated heterocycles. The number of hydrogen-bond donors (Lipinski definition) is 1. The predicted molar refractivity (Wildman–Crippen MR) is 79.6 cm³/mol. The quantitative estimate of drug-likeness (QED) is 0.740. The molecule has 20 heavy (non-hydrogen) atoms. The molecule has 1 aliphatic heterocycles. The molecule has 5 nitrogen and oxygen atoms in total. The van der Waals surface area contributed by atoms with E-state index in [0.717, 1.165) is 32.2 Å². The molecule has 118 valence electrons. The molecule has 1 aliphatic rings. The number of rotatable bonds is 8. The molecule has 0 aromatic heterocycles. The summed E-state index contributed by atoms with van der Waals surface area (Å²) in [6.07, 6.45) is 5.71. The number of likely N-dealkylation sites (tertiary alicyclic amines) is 1. The van der Waals surface area contributed by atoms with Crippen molar-refractivity contribution in [2.45, 2.75) is 52.0 Å². The van der Waals surface area contributed by atoms with Crippen LogP contribution < -0.4 is 0 Å². The van der Waals surface area contributed by atoms with Crippen LogP contribution in [-0.2, 0) is 14.6 Å². The number of aliphatic carboxylic acids is 1. The fourth-order valence-corrected chi connectivity index (χ4v) is 3.76. The number of carbonyl (C=O) groups is 1. The molecule has 6 heteroatoms. The Morgan fingerprint density at radius 1 is 1.35 bits per heavy atom. The first-order chi connectivity index (χ1) is 9.30. The summed E-state index contributed by atoms with van der Waals surface area (Å²) in [5.41, 5.74) is 0. The number of nitrogens with zero attached hydrogens (tertiary/aromatic N) is 1. The van der Waals surface area contributed by atoms with Crippen molar-refractivity contribution in [3.63, 3.8) is 0 Å². The summed E-state index contributed by atoms with van der Waals surface area (Å²) in [6.45, 7) is 5.80. The zero-order valence-electron chi connectivity index (χ0n) is 12.5. The van der Waals surface area contributed by atoms with Gasteiger partial charge in [0.1, 0.15) is 5.75 Å². The first-order valence-corrected chi connectivity index (χ1v) is 9.28. The van der Waals surface area contributed by atoms with E-state index in [1.165, 1.54) is 6.42 Å². The fraction of sp³-hybridized carbons (Fsp3) is 0.929. The number of carboxylic acid groups (broad SMARTS) is 1. The van der Waals surface area contributed by atoms with Crippen molar-refractivity contribution in [3.8, 4) is 0 Å². The minimum atomic E-state index is -3.48. The highest BCUT2D eigenvalue weighted by molar-refractivity contribution is 7.92. The first kappa shape index (κ1) is 17.4. The van der Waals surface area contributed by atoms with Gasteiger partial charge in [-0.05, 0) is 38.1 Å². The van der Waals surface area contributed by atoms with Crippen LogP contribution in [0.4, 0.5) is 0 Å². The maximum atomic E-state index is 11.6. The Kier molecular flexibility index (Phi) is 6.95. The molecule has 1 N–H and O–H groups in total. The summed E-state index contributed by atoms with van der Waals surface area (Å²) in [5, 5.41) is 8.59. The van der Waals surface area contributed by atoms with Gasteiger partial charge >= 0.3 is 5.97 Å². The molecule has 0 aromatic carbocycles. The molecule has 1 heterocycles. The lowest BCUT2D eigenvalue weighted by atomic mass is 9.95. The molecule has 0 aliphatic carbocycles. The van der Waals surface area contributed by atoms with E-state index in [4.69, 9.17) is 5.11 Å². The Morgan fingerprint density at radius 3 is 2.65 bits per heavy atom. The van der Waals surface area contributed by atoms with Gasteiger partial charge in [-0.1, -0.05) is 20.3 Å². The zero-order valence-corrected chi connectivity index (χ0v) is 13.4. The van der Waals surface area contributed by atoms with Gasteiger partial charge in [0, 0.05) is 12.6 Å². The summed E-state index contributed by atoms with van der Waals surface area (Å²) in [4.78, 5) is 12.8. The molecule has 0 radical (unpaired) electrons. The van der Waals surface area contributed by atoms with Crippen molar-refractivity contribution in [3.05, 3.63) is 0 Å². The normalized spacial score (nSPS) is 21.2. The Morgan fingerprint density at radius 2 is 2.05 bits per heavy atom. The minimum Gasteiger partial charge on any atom is -0.480 e. The summed E-state index contributed by atoms with van der Waals surface area (Å²) in [7, 11) is -3.48. The topological polar surface area (TPSA) is 74.7 Å². The van der Waals surface area contributed by atoms with Crippen molar-refractivity contribution in [1.82, 2.24) is 4.90 Å². The minimum absolute atomic E-state index is 0.0442. The zero-order chi connectivity index (χ0) is 15.2.